The van der Waals surface area contributed by atoms with Gasteiger partial charge in [-0.3, -0.25) is 4.79 Å². The molecule has 0 bridgehead atoms. The van der Waals surface area contributed by atoms with Crippen LogP contribution in [-0.4, -0.2) is 63.3 Å². The van der Waals surface area contributed by atoms with Crippen LogP contribution < -0.4 is 10.6 Å². The minimum atomic E-state index is 0. The van der Waals surface area contributed by atoms with Crippen LogP contribution in [-0.2, 0) is 9.53 Å². The zero-order valence-corrected chi connectivity index (χ0v) is 15.0. The predicted molar refractivity (Wildman–Crippen MR) is 91.7 cm³/mol. The lowest BCUT2D eigenvalue weighted by atomic mass is 9.97. The Morgan fingerprint density at radius 2 is 2.10 bits per heavy atom. The Labute approximate surface area is 141 Å². The molecule has 0 aliphatic carbocycles. The van der Waals surface area contributed by atoms with Crippen LogP contribution in [0, 0.1) is 5.92 Å². The van der Waals surface area contributed by atoms with Crippen LogP contribution in [0.2, 0.25) is 0 Å². The van der Waals surface area contributed by atoms with Crippen molar-refractivity contribution in [1.82, 2.24) is 15.5 Å². The van der Waals surface area contributed by atoms with Gasteiger partial charge >= 0.3 is 0 Å². The Morgan fingerprint density at radius 3 is 2.71 bits per heavy atom. The molecule has 7 heteroatoms. The highest BCUT2D eigenvalue weighted by molar-refractivity contribution is 5.85. The first-order chi connectivity index (χ1) is 9.13. The highest BCUT2D eigenvalue weighted by Gasteiger charge is 2.21. The number of halogens is 2. The zero-order chi connectivity index (χ0) is 14.1. The monoisotopic (exact) mass is 343 g/mol. The Morgan fingerprint density at radius 1 is 1.38 bits per heavy atom. The molecule has 1 amide bonds. The molecular weight excluding hydrogens is 313 g/mol. The normalized spacial score (nSPS) is 18.8. The average Bonchev–Trinajstić information content (AvgIpc) is 2.41. The summed E-state index contributed by atoms with van der Waals surface area (Å²) in [7, 11) is 1.66. The Balaban J connectivity index is 0. The van der Waals surface area contributed by atoms with Crippen LogP contribution in [0.15, 0.2) is 0 Å². The second-order valence-electron chi connectivity index (χ2n) is 5.57. The van der Waals surface area contributed by atoms with Gasteiger partial charge in [-0.2, -0.15) is 0 Å². The minimum absolute atomic E-state index is 0. The summed E-state index contributed by atoms with van der Waals surface area (Å²) in [4.78, 5) is 14.1. The maximum atomic E-state index is 11.6. The smallest absolute Gasteiger partial charge is 0.233 e. The minimum Gasteiger partial charge on any atom is -0.383 e. The number of nitrogens with zero attached hydrogens (tertiary/aromatic N) is 1. The van der Waals surface area contributed by atoms with Crippen molar-refractivity contribution in [3.63, 3.8) is 0 Å². The van der Waals surface area contributed by atoms with Crippen molar-refractivity contribution in [3.05, 3.63) is 0 Å². The number of likely N-dealkylation sites (tertiary alicyclic amines) is 1. The molecule has 1 heterocycles. The summed E-state index contributed by atoms with van der Waals surface area (Å²) in [6.45, 7) is 9.31. The number of methoxy groups -OCH3 is 1. The molecule has 1 fully saturated rings. The third-order valence-electron chi connectivity index (χ3n) is 3.64. The predicted octanol–water partition coefficient (Wildman–Crippen LogP) is 1.30. The molecule has 1 unspecified atom stereocenters. The molecule has 0 aromatic rings. The van der Waals surface area contributed by atoms with Gasteiger partial charge in [0.2, 0.25) is 5.91 Å². The maximum Gasteiger partial charge on any atom is 0.233 e. The van der Waals surface area contributed by atoms with E-state index in [1.165, 1.54) is 19.4 Å². The standard InChI is InChI=1S/C14H29N3O2.2ClH/c1-12(2)17-7-4-5-13(11-17)9-16-14(18)10-15-6-8-19-3;;/h12-13,15H,4-11H2,1-3H3,(H,16,18);2*1H. The summed E-state index contributed by atoms with van der Waals surface area (Å²) >= 11 is 0. The summed E-state index contributed by atoms with van der Waals surface area (Å²) in [6, 6.07) is 0.606. The fourth-order valence-electron chi connectivity index (χ4n) is 2.43. The highest BCUT2D eigenvalue weighted by atomic mass is 35.5. The fraction of sp³-hybridized carbons (Fsp3) is 0.929. The van der Waals surface area contributed by atoms with Crippen molar-refractivity contribution >= 4 is 30.7 Å². The van der Waals surface area contributed by atoms with Gasteiger partial charge in [0.1, 0.15) is 0 Å². The Kier molecular flexibility index (Phi) is 15.0. The van der Waals surface area contributed by atoms with Crippen LogP contribution in [0.5, 0.6) is 0 Å². The van der Waals surface area contributed by atoms with Crippen molar-refractivity contribution in [2.24, 2.45) is 5.92 Å². The third kappa shape index (κ3) is 10.3. The highest BCUT2D eigenvalue weighted by Crippen LogP contribution is 2.17. The van der Waals surface area contributed by atoms with E-state index in [-0.39, 0.29) is 30.7 Å². The van der Waals surface area contributed by atoms with Gasteiger partial charge in [-0.15, -0.1) is 24.8 Å². The second kappa shape index (κ2) is 13.6. The first kappa shape index (κ1) is 23.2. The lowest BCUT2D eigenvalue weighted by molar-refractivity contribution is -0.120. The zero-order valence-electron chi connectivity index (χ0n) is 13.4. The molecule has 1 rings (SSSR count). The quantitative estimate of drug-likeness (QED) is 0.652. The van der Waals surface area contributed by atoms with Gasteiger partial charge in [0.15, 0.2) is 0 Å². The van der Waals surface area contributed by atoms with E-state index in [0.29, 0.717) is 31.7 Å². The van der Waals surface area contributed by atoms with Gasteiger partial charge in [0.05, 0.1) is 13.2 Å². The van der Waals surface area contributed by atoms with Crippen LogP contribution in [0.4, 0.5) is 0 Å². The van der Waals surface area contributed by atoms with Gasteiger partial charge in [0.25, 0.3) is 0 Å². The molecule has 1 aliphatic rings. The SMILES string of the molecule is COCCNCC(=O)NCC1CCCN(C(C)C)C1.Cl.Cl. The van der Waals surface area contributed by atoms with Gasteiger partial charge < -0.3 is 20.3 Å². The molecule has 2 N–H and O–H groups in total. The third-order valence-corrected chi connectivity index (χ3v) is 3.64. The van der Waals surface area contributed by atoms with Crippen LogP contribution in [0.25, 0.3) is 0 Å². The molecule has 0 aromatic carbocycles. The van der Waals surface area contributed by atoms with E-state index in [9.17, 15) is 4.79 Å². The number of piperidine rings is 1. The van der Waals surface area contributed by atoms with E-state index in [2.05, 4.69) is 29.4 Å². The molecule has 128 valence electrons. The molecule has 0 radical (unpaired) electrons. The molecule has 1 aliphatic heterocycles. The molecule has 21 heavy (non-hydrogen) atoms. The number of nitrogens with one attached hydrogen (secondary N) is 2. The summed E-state index contributed by atoms with van der Waals surface area (Å²) in [5, 5.41) is 6.07. The molecule has 1 saturated heterocycles. The molecule has 0 aromatic heterocycles. The number of ether oxygens (including phenoxy) is 1. The van der Waals surface area contributed by atoms with E-state index in [4.69, 9.17) is 4.74 Å². The number of amides is 1. The molecule has 0 spiro atoms. The number of rotatable bonds is 8. The Bertz CT molecular complexity index is 269. The van der Waals surface area contributed by atoms with Crippen molar-refractivity contribution in [2.75, 3.05) is 46.4 Å². The second-order valence-corrected chi connectivity index (χ2v) is 5.57. The van der Waals surface area contributed by atoms with Crippen molar-refractivity contribution in [1.29, 1.82) is 0 Å². The van der Waals surface area contributed by atoms with E-state index >= 15 is 0 Å². The van der Waals surface area contributed by atoms with E-state index in [1.54, 1.807) is 7.11 Å². The van der Waals surface area contributed by atoms with Gasteiger partial charge in [-0.1, -0.05) is 0 Å². The molecule has 1 atom stereocenters. The fourth-order valence-corrected chi connectivity index (χ4v) is 2.43. The van der Waals surface area contributed by atoms with Gasteiger partial charge in [-0.05, 0) is 39.2 Å². The average molecular weight is 344 g/mol. The van der Waals surface area contributed by atoms with E-state index in [0.717, 1.165) is 13.1 Å². The first-order valence-corrected chi connectivity index (χ1v) is 7.34. The Hall–Kier alpha value is -0.0700. The summed E-state index contributed by atoms with van der Waals surface area (Å²) in [5.74, 6) is 0.678. The number of hydrogen-bond acceptors (Lipinski definition) is 4. The van der Waals surface area contributed by atoms with Crippen molar-refractivity contribution in [2.45, 2.75) is 32.7 Å². The lowest BCUT2D eigenvalue weighted by Gasteiger charge is -2.35. The summed E-state index contributed by atoms with van der Waals surface area (Å²) in [6.07, 6.45) is 2.46. The topological polar surface area (TPSA) is 53.6 Å². The number of hydrogen-bond donors (Lipinski definition) is 2. The number of carbonyl (C=O) groups is 1. The molecular formula is C14H31Cl2N3O2. The first-order valence-electron chi connectivity index (χ1n) is 7.34. The summed E-state index contributed by atoms with van der Waals surface area (Å²) in [5.41, 5.74) is 0. The van der Waals surface area contributed by atoms with Crippen molar-refractivity contribution < 1.29 is 9.53 Å². The van der Waals surface area contributed by atoms with Crippen molar-refractivity contribution in [3.8, 4) is 0 Å². The van der Waals surface area contributed by atoms with Crippen LogP contribution in [0.1, 0.15) is 26.7 Å². The maximum absolute atomic E-state index is 11.6. The number of carbonyl (C=O) groups excluding carboxylic acids is 1. The molecule has 0 saturated carbocycles. The van der Waals surface area contributed by atoms with Gasteiger partial charge in [-0.25, -0.2) is 0 Å². The van der Waals surface area contributed by atoms with Crippen LogP contribution >= 0.6 is 24.8 Å². The lowest BCUT2D eigenvalue weighted by Crippen LogP contribution is -2.45. The largest absolute Gasteiger partial charge is 0.383 e. The summed E-state index contributed by atoms with van der Waals surface area (Å²) < 4.78 is 4.91. The van der Waals surface area contributed by atoms with E-state index in [1.807, 2.05) is 0 Å². The van der Waals surface area contributed by atoms with Gasteiger partial charge in [0, 0.05) is 32.8 Å². The molecule has 5 nitrogen and oxygen atoms in total. The van der Waals surface area contributed by atoms with Crippen LogP contribution in [0.3, 0.4) is 0 Å². The van der Waals surface area contributed by atoms with E-state index < -0.39 is 0 Å².